The number of hydrogen-bond acceptors (Lipinski definition) is 2. The maximum absolute atomic E-state index is 10.4. The minimum atomic E-state index is -4.25. The quantitative estimate of drug-likeness (QED) is 0.233. The Balaban J connectivity index is -0.000000667. The number of hydrogen-bond donors (Lipinski definition) is 2. The zero-order valence-electron chi connectivity index (χ0n) is 16.5. The van der Waals surface area contributed by atoms with E-state index in [-0.39, 0.29) is 57.1 Å². The van der Waals surface area contributed by atoms with Crippen molar-refractivity contribution in [2.45, 2.75) is 96.8 Å². The molecule has 0 aliphatic rings. The number of phosphoric acid groups is 1. The Kier molecular flexibility index (Phi) is 27.9. The average molecular weight is 412 g/mol. The molecule has 0 aromatic carbocycles. The fraction of sp³-hybridized carbons (Fsp3) is 1.00. The van der Waals surface area contributed by atoms with Gasteiger partial charge in [-0.2, -0.15) is 0 Å². The summed E-state index contributed by atoms with van der Waals surface area (Å²) in [5.41, 5.74) is 0. The van der Waals surface area contributed by atoms with Crippen molar-refractivity contribution in [2.75, 3.05) is 6.61 Å². The molecule has 4 nitrogen and oxygen atoms in total. The van der Waals surface area contributed by atoms with E-state index in [4.69, 9.17) is 9.79 Å². The van der Waals surface area contributed by atoms with Gasteiger partial charge in [0.15, 0.2) is 0 Å². The monoisotopic (exact) mass is 410 g/mol. The number of unbranched alkanes of at least 4 members (excludes halogenated alkanes) is 13. The molecule has 0 fully saturated rings. The third kappa shape index (κ3) is 28.8. The van der Waals surface area contributed by atoms with E-state index in [1.54, 1.807) is 0 Å². The van der Waals surface area contributed by atoms with Crippen LogP contribution in [-0.4, -0.2) is 16.4 Å². The molecule has 0 saturated heterocycles. The summed E-state index contributed by atoms with van der Waals surface area (Å²) < 4.78 is 14.8. The van der Waals surface area contributed by atoms with Gasteiger partial charge < -0.3 is 11.2 Å². The van der Waals surface area contributed by atoms with Gasteiger partial charge in [0.1, 0.15) is 0 Å². The van der Waals surface area contributed by atoms with E-state index < -0.39 is 7.82 Å². The summed E-state index contributed by atoms with van der Waals surface area (Å²) in [5, 5.41) is 0. The summed E-state index contributed by atoms with van der Waals surface area (Å²) in [6.07, 6.45) is 17.8. The van der Waals surface area contributed by atoms with E-state index in [2.05, 4.69) is 11.4 Å². The average Bonchev–Trinajstić information content (AvgIpc) is 2.42. The van der Waals surface area contributed by atoms with Crippen LogP contribution in [0.25, 0.3) is 0 Å². The minimum absolute atomic E-state index is 0. The first-order valence-electron chi connectivity index (χ1n) is 8.76. The third-order valence-corrected chi connectivity index (χ3v) is 4.28. The van der Waals surface area contributed by atoms with Crippen LogP contribution in [0.15, 0.2) is 0 Å². The summed E-state index contributed by atoms with van der Waals surface area (Å²) in [6, 6.07) is 0. The van der Waals surface area contributed by atoms with Crippen molar-refractivity contribution in [1.82, 2.24) is 0 Å². The van der Waals surface area contributed by atoms with Crippen LogP contribution >= 0.6 is 7.82 Å². The predicted octanol–water partition coefficient (Wildman–Crippen LogP) is 2.69. The summed E-state index contributed by atoms with van der Waals surface area (Å²) in [6.45, 7) is 2.42. The predicted molar refractivity (Wildman–Crippen MR) is 89.4 cm³/mol. The Hall–Kier alpha value is 1.73. The van der Waals surface area contributed by atoms with Gasteiger partial charge in [-0.25, -0.2) is 4.57 Å². The van der Waals surface area contributed by atoms with Crippen molar-refractivity contribution in [3.63, 3.8) is 0 Å². The molecule has 0 aromatic rings. The van der Waals surface area contributed by atoms with Crippen LogP contribution in [0.5, 0.6) is 0 Å². The molecule has 132 valence electrons. The van der Waals surface area contributed by atoms with E-state index in [1.807, 2.05) is 0 Å². The summed E-state index contributed by atoms with van der Waals surface area (Å²) in [7, 11) is -4.25. The van der Waals surface area contributed by atoms with E-state index in [0.717, 1.165) is 19.3 Å². The third-order valence-electron chi connectivity index (χ3n) is 3.76. The molecule has 0 aromatic heterocycles. The van der Waals surface area contributed by atoms with Crippen molar-refractivity contribution >= 4 is 7.82 Å². The molecule has 0 unspecified atom stereocenters. The fourth-order valence-electron chi connectivity index (χ4n) is 2.48. The zero-order chi connectivity index (χ0) is 15.8. The van der Waals surface area contributed by atoms with Gasteiger partial charge in [-0.05, 0) is 6.42 Å². The van der Waals surface area contributed by atoms with Crippen LogP contribution in [0.4, 0.5) is 0 Å². The van der Waals surface area contributed by atoms with Crippen molar-refractivity contribution in [1.29, 1.82) is 0 Å². The first-order valence-corrected chi connectivity index (χ1v) is 10.3. The summed E-state index contributed by atoms with van der Waals surface area (Å²) in [5.74, 6) is 0. The molecule has 0 rings (SSSR count). The van der Waals surface area contributed by atoms with E-state index in [9.17, 15) is 4.57 Å². The van der Waals surface area contributed by atoms with Gasteiger partial charge in [0.05, 0.1) is 6.61 Å². The first kappa shape index (κ1) is 29.5. The maximum atomic E-state index is 10.4. The van der Waals surface area contributed by atoms with Gasteiger partial charge in [-0.3, -0.25) is 4.52 Å². The Morgan fingerprint density at radius 1 is 0.739 bits per heavy atom. The number of phosphoric ester groups is 1. The van der Waals surface area contributed by atoms with Crippen LogP contribution in [0.2, 0.25) is 0 Å². The standard InChI is InChI=1S/C16H35O4P.Na.Zn.H/c1-2-3-4-5-6-7-8-9-10-11-12-13-14-15-16-20-21(17,18)19;;;/h2-16H2,1H3,(H2,17,18,19);;;/q;+1;;-1. The van der Waals surface area contributed by atoms with Crippen molar-refractivity contribution < 1.29 is 69.3 Å². The molecular formula is C16H36NaO4PZn. The Morgan fingerprint density at radius 2 is 1.04 bits per heavy atom. The second-order valence-electron chi connectivity index (χ2n) is 5.92. The molecule has 7 heteroatoms. The molecule has 2 N–H and O–H groups in total. The van der Waals surface area contributed by atoms with E-state index in [0.29, 0.717) is 0 Å². The van der Waals surface area contributed by atoms with Gasteiger partial charge in [-0.1, -0.05) is 90.4 Å². The van der Waals surface area contributed by atoms with Crippen LogP contribution in [0, 0.1) is 0 Å². The van der Waals surface area contributed by atoms with Crippen molar-refractivity contribution in [3.05, 3.63) is 0 Å². The Morgan fingerprint density at radius 3 is 1.35 bits per heavy atom. The first-order chi connectivity index (χ1) is 10.1. The molecule has 0 radical (unpaired) electrons. The molecule has 0 bridgehead atoms. The van der Waals surface area contributed by atoms with Crippen molar-refractivity contribution in [3.8, 4) is 0 Å². The summed E-state index contributed by atoms with van der Waals surface area (Å²) >= 11 is 0. The second-order valence-corrected chi connectivity index (χ2v) is 7.16. The van der Waals surface area contributed by atoms with Gasteiger partial charge in [0, 0.05) is 19.5 Å². The Bertz CT molecular complexity index is 270. The molecule has 0 atom stereocenters. The zero-order valence-corrected chi connectivity index (χ0v) is 21.3. The fourth-order valence-corrected chi connectivity index (χ4v) is 2.85. The van der Waals surface area contributed by atoms with Crippen LogP contribution in [0.1, 0.15) is 98.2 Å². The molecule has 0 amide bonds. The van der Waals surface area contributed by atoms with Crippen LogP contribution < -0.4 is 29.6 Å². The Labute approximate surface area is 179 Å². The SMILES string of the molecule is CCCCCCCCCCCCCCCCOP(=O)(O)O.[H-].[Na+].[Zn]. The normalized spacial score (nSPS) is 10.9. The molecular weight excluding hydrogens is 376 g/mol. The van der Waals surface area contributed by atoms with Crippen LogP contribution in [0.3, 0.4) is 0 Å². The number of rotatable bonds is 16. The van der Waals surface area contributed by atoms with Crippen LogP contribution in [-0.2, 0) is 28.6 Å². The van der Waals surface area contributed by atoms with E-state index >= 15 is 0 Å². The van der Waals surface area contributed by atoms with Crippen molar-refractivity contribution in [2.24, 2.45) is 0 Å². The molecule has 0 heterocycles. The molecule has 23 heavy (non-hydrogen) atoms. The smallest absolute Gasteiger partial charge is 1.00 e. The minimum Gasteiger partial charge on any atom is -1.00 e. The summed E-state index contributed by atoms with van der Waals surface area (Å²) in [4.78, 5) is 17.0. The van der Waals surface area contributed by atoms with Gasteiger partial charge in [-0.15, -0.1) is 0 Å². The molecule has 0 aliphatic heterocycles. The topological polar surface area (TPSA) is 66.8 Å². The molecule has 0 spiro atoms. The molecule has 0 aliphatic carbocycles. The van der Waals surface area contributed by atoms with Gasteiger partial charge >= 0.3 is 37.4 Å². The van der Waals surface area contributed by atoms with Gasteiger partial charge in [0.2, 0.25) is 0 Å². The molecule has 0 saturated carbocycles. The van der Waals surface area contributed by atoms with Gasteiger partial charge in [0.25, 0.3) is 0 Å². The maximum Gasteiger partial charge on any atom is 1.00 e. The second kappa shape index (κ2) is 21.8. The van der Waals surface area contributed by atoms with E-state index in [1.165, 1.54) is 70.6 Å². The largest absolute Gasteiger partial charge is 1.00 e.